The van der Waals surface area contributed by atoms with Crippen molar-refractivity contribution in [1.82, 2.24) is 14.5 Å². The summed E-state index contributed by atoms with van der Waals surface area (Å²) < 4.78 is 30.4. The van der Waals surface area contributed by atoms with E-state index in [4.69, 9.17) is 0 Å². The number of para-hydroxylation sites is 2. The van der Waals surface area contributed by atoms with Gasteiger partial charge >= 0.3 is 5.69 Å². The quantitative estimate of drug-likeness (QED) is 0.781. The first-order valence-corrected chi connectivity index (χ1v) is 8.45. The molecule has 1 aromatic heterocycles. The summed E-state index contributed by atoms with van der Waals surface area (Å²) in [7, 11) is 0. The number of aromatic nitrogens is 2. The maximum Gasteiger partial charge on any atom is 0.326 e. The van der Waals surface area contributed by atoms with Crippen molar-refractivity contribution >= 4 is 16.9 Å². The van der Waals surface area contributed by atoms with Gasteiger partial charge in [-0.05, 0) is 36.2 Å². The van der Waals surface area contributed by atoms with Gasteiger partial charge in [0.05, 0.1) is 24.1 Å². The molecule has 0 unspecified atom stereocenters. The standard InChI is InChI=1S/C19H17F2N3O2/c20-14-8-12(9-15(21)13(14)11-23-7-3-6-18(23)25)10-24-17-5-2-1-4-16(17)22-19(24)26/h1-2,4-5,8-9H,3,6-7,10-11H2,(H,22,26). The number of aromatic amines is 1. The zero-order valence-electron chi connectivity index (χ0n) is 14.0. The number of hydrogen-bond acceptors (Lipinski definition) is 2. The molecule has 5 nitrogen and oxygen atoms in total. The molecule has 0 aliphatic carbocycles. The smallest absolute Gasteiger partial charge is 0.326 e. The normalized spacial score (nSPS) is 14.5. The van der Waals surface area contributed by atoms with E-state index in [1.165, 1.54) is 21.6 Å². The van der Waals surface area contributed by atoms with Crippen LogP contribution >= 0.6 is 0 Å². The lowest BCUT2D eigenvalue weighted by atomic mass is 10.1. The molecule has 7 heteroatoms. The molecule has 0 radical (unpaired) electrons. The molecule has 2 aromatic carbocycles. The topological polar surface area (TPSA) is 58.1 Å². The number of rotatable bonds is 4. The number of nitrogens with one attached hydrogen (secondary N) is 1. The molecular formula is C19H17F2N3O2. The number of nitrogens with zero attached hydrogens (tertiary/aromatic N) is 2. The van der Waals surface area contributed by atoms with Crippen molar-refractivity contribution in [3.63, 3.8) is 0 Å². The fourth-order valence-corrected chi connectivity index (χ4v) is 3.41. The number of carbonyl (C=O) groups excluding carboxylic acids is 1. The average molecular weight is 357 g/mol. The minimum absolute atomic E-state index is 0.0552. The van der Waals surface area contributed by atoms with Gasteiger partial charge in [-0.15, -0.1) is 0 Å². The lowest BCUT2D eigenvalue weighted by Crippen LogP contribution is -2.25. The van der Waals surface area contributed by atoms with E-state index < -0.39 is 11.6 Å². The van der Waals surface area contributed by atoms with Gasteiger partial charge in [0.25, 0.3) is 0 Å². The minimum atomic E-state index is -0.701. The number of amides is 1. The van der Waals surface area contributed by atoms with Crippen LogP contribution < -0.4 is 5.69 Å². The van der Waals surface area contributed by atoms with E-state index in [1.807, 2.05) is 0 Å². The van der Waals surface area contributed by atoms with Crippen molar-refractivity contribution in [2.24, 2.45) is 0 Å². The van der Waals surface area contributed by atoms with Crippen molar-refractivity contribution in [2.45, 2.75) is 25.9 Å². The van der Waals surface area contributed by atoms with Crippen LogP contribution in [0.15, 0.2) is 41.2 Å². The Labute approximate surface area is 147 Å². The highest BCUT2D eigenvalue weighted by molar-refractivity contribution is 5.78. The van der Waals surface area contributed by atoms with Gasteiger partial charge in [-0.25, -0.2) is 13.6 Å². The molecule has 0 spiro atoms. The van der Waals surface area contributed by atoms with Gasteiger partial charge in [0.1, 0.15) is 11.6 Å². The predicted molar refractivity (Wildman–Crippen MR) is 92.7 cm³/mol. The molecule has 4 rings (SSSR count). The third-order valence-electron chi connectivity index (χ3n) is 4.74. The fraction of sp³-hybridized carbons (Fsp3) is 0.263. The second kappa shape index (κ2) is 6.40. The Morgan fingerprint density at radius 3 is 2.46 bits per heavy atom. The number of imidazole rings is 1. The van der Waals surface area contributed by atoms with Crippen LogP contribution in [0.3, 0.4) is 0 Å². The van der Waals surface area contributed by atoms with Crippen LogP contribution in [0.2, 0.25) is 0 Å². The van der Waals surface area contributed by atoms with Crippen LogP contribution in [0.1, 0.15) is 24.0 Å². The van der Waals surface area contributed by atoms with Crippen LogP contribution in [0.4, 0.5) is 8.78 Å². The molecule has 1 aliphatic rings. The molecule has 1 amide bonds. The molecule has 1 N–H and O–H groups in total. The van der Waals surface area contributed by atoms with Crippen molar-refractivity contribution < 1.29 is 13.6 Å². The van der Waals surface area contributed by atoms with Gasteiger partial charge in [-0.3, -0.25) is 9.36 Å². The molecule has 134 valence electrons. The van der Waals surface area contributed by atoms with Gasteiger partial charge in [0.2, 0.25) is 5.91 Å². The van der Waals surface area contributed by atoms with Gasteiger partial charge in [0, 0.05) is 18.5 Å². The number of H-pyrrole nitrogens is 1. The third kappa shape index (κ3) is 2.89. The number of halogens is 2. The summed E-state index contributed by atoms with van der Waals surface area (Å²) >= 11 is 0. The Morgan fingerprint density at radius 2 is 1.77 bits per heavy atom. The van der Waals surface area contributed by atoms with Crippen LogP contribution in [0.5, 0.6) is 0 Å². The Morgan fingerprint density at radius 1 is 1.04 bits per heavy atom. The Hall–Kier alpha value is -2.96. The van der Waals surface area contributed by atoms with Crippen LogP contribution in [-0.4, -0.2) is 26.9 Å². The van der Waals surface area contributed by atoms with Crippen LogP contribution in [0, 0.1) is 11.6 Å². The first-order valence-electron chi connectivity index (χ1n) is 8.45. The summed E-state index contributed by atoms with van der Waals surface area (Å²) in [4.78, 5) is 28.0. The van der Waals surface area contributed by atoms with E-state index >= 15 is 0 Å². The minimum Gasteiger partial charge on any atom is -0.338 e. The van der Waals surface area contributed by atoms with Gasteiger partial charge in [0.15, 0.2) is 0 Å². The zero-order valence-corrected chi connectivity index (χ0v) is 14.0. The van der Waals surface area contributed by atoms with E-state index in [1.54, 1.807) is 24.3 Å². The Balaban J connectivity index is 1.65. The monoisotopic (exact) mass is 357 g/mol. The van der Waals surface area contributed by atoms with Crippen molar-refractivity contribution in [2.75, 3.05) is 6.54 Å². The zero-order chi connectivity index (χ0) is 18.3. The second-order valence-electron chi connectivity index (χ2n) is 6.49. The van der Waals surface area contributed by atoms with Crippen molar-refractivity contribution in [3.05, 3.63) is 69.6 Å². The molecule has 1 saturated heterocycles. The Bertz CT molecular complexity index is 1030. The molecule has 1 aliphatic heterocycles. The van der Waals surface area contributed by atoms with E-state index in [2.05, 4.69) is 4.98 Å². The maximum atomic E-state index is 14.5. The van der Waals surface area contributed by atoms with E-state index in [0.29, 0.717) is 36.0 Å². The van der Waals surface area contributed by atoms with Crippen molar-refractivity contribution in [3.8, 4) is 0 Å². The van der Waals surface area contributed by atoms with Gasteiger partial charge in [-0.1, -0.05) is 12.1 Å². The third-order valence-corrected chi connectivity index (χ3v) is 4.74. The first-order chi connectivity index (χ1) is 12.5. The van der Waals surface area contributed by atoms with E-state index in [9.17, 15) is 18.4 Å². The lowest BCUT2D eigenvalue weighted by molar-refractivity contribution is -0.128. The number of fused-ring (bicyclic) bond motifs is 1. The number of carbonyl (C=O) groups is 1. The molecule has 0 saturated carbocycles. The SMILES string of the molecule is O=C1CCCN1Cc1c(F)cc(Cn2c(=O)[nH]c3ccccc32)cc1F. The summed E-state index contributed by atoms with van der Waals surface area (Å²) in [6.07, 6.45) is 1.13. The fourth-order valence-electron chi connectivity index (χ4n) is 3.41. The second-order valence-corrected chi connectivity index (χ2v) is 6.49. The van der Waals surface area contributed by atoms with Gasteiger partial charge < -0.3 is 9.88 Å². The molecule has 1 fully saturated rings. The summed E-state index contributed by atoms with van der Waals surface area (Å²) in [5.74, 6) is -1.49. The predicted octanol–water partition coefficient (Wildman–Crippen LogP) is 2.78. The summed E-state index contributed by atoms with van der Waals surface area (Å²) in [5.41, 5.74) is 1.24. The van der Waals surface area contributed by atoms with E-state index in [0.717, 1.165) is 0 Å². The summed E-state index contributed by atoms with van der Waals surface area (Å²) in [6.45, 7) is 0.508. The van der Waals surface area contributed by atoms with Crippen LogP contribution in [-0.2, 0) is 17.9 Å². The maximum absolute atomic E-state index is 14.5. The molecular weight excluding hydrogens is 340 g/mol. The number of hydrogen-bond donors (Lipinski definition) is 1. The molecule has 2 heterocycles. The molecule has 26 heavy (non-hydrogen) atoms. The van der Waals surface area contributed by atoms with Gasteiger partial charge in [-0.2, -0.15) is 0 Å². The largest absolute Gasteiger partial charge is 0.338 e. The first kappa shape index (κ1) is 16.5. The average Bonchev–Trinajstić information content (AvgIpc) is 3.14. The molecule has 0 atom stereocenters. The summed E-state index contributed by atoms with van der Waals surface area (Å²) in [5, 5.41) is 0. The molecule has 0 bridgehead atoms. The summed E-state index contributed by atoms with van der Waals surface area (Å²) in [6, 6.07) is 9.60. The molecule has 3 aromatic rings. The lowest BCUT2D eigenvalue weighted by Gasteiger charge is -2.17. The highest BCUT2D eigenvalue weighted by atomic mass is 19.1. The van der Waals surface area contributed by atoms with Crippen LogP contribution in [0.25, 0.3) is 11.0 Å². The van der Waals surface area contributed by atoms with E-state index in [-0.39, 0.29) is 30.2 Å². The number of likely N-dealkylation sites (tertiary alicyclic amines) is 1. The van der Waals surface area contributed by atoms with Crippen molar-refractivity contribution in [1.29, 1.82) is 0 Å². The Kier molecular flexibility index (Phi) is 4.06. The highest BCUT2D eigenvalue weighted by Gasteiger charge is 2.23. The highest BCUT2D eigenvalue weighted by Crippen LogP contribution is 2.21. The number of benzene rings is 2.